The van der Waals surface area contributed by atoms with Crippen molar-refractivity contribution in [2.24, 2.45) is 0 Å². The first-order chi connectivity index (χ1) is 13.6. The number of rotatable bonds is 6. The fraction of sp³-hybridized carbons (Fsp3) is 0.350. The number of carbonyl (C=O) groups is 2. The molecule has 0 atom stereocenters. The van der Waals surface area contributed by atoms with E-state index >= 15 is 0 Å². The second-order valence-electron chi connectivity index (χ2n) is 6.21. The molecular formula is C20H23N3O5. The van der Waals surface area contributed by atoms with Gasteiger partial charge >= 0.3 is 0 Å². The lowest BCUT2D eigenvalue weighted by atomic mass is 10.1. The summed E-state index contributed by atoms with van der Waals surface area (Å²) in [6, 6.07) is 8.54. The molecule has 2 heterocycles. The third-order valence-corrected chi connectivity index (χ3v) is 4.44. The molecule has 1 fully saturated rings. The smallest absolute Gasteiger partial charge is 0.270 e. The topological polar surface area (TPSA) is 90.0 Å². The second kappa shape index (κ2) is 9.18. The third-order valence-electron chi connectivity index (χ3n) is 4.44. The molecule has 0 aliphatic carbocycles. The Balaban J connectivity index is 1.65. The Kier molecular flexibility index (Phi) is 6.44. The molecule has 1 aromatic heterocycles. The molecule has 1 aliphatic rings. The van der Waals surface area contributed by atoms with Gasteiger partial charge in [0.2, 0.25) is 0 Å². The molecule has 1 saturated heterocycles. The molecule has 3 rings (SSSR count). The number of hydrogen-bond acceptors (Lipinski definition) is 6. The zero-order valence-corrected chi connectivity index (χ0v) is 15.9. The summed E-state index contributed by atoms with van der Waals surface area (Å²) in [4.78, 5) is 30.8. The molecule has 1 aliphatic heterocycles. The van der Waals surface area contributed by atoms with E-state index in [2.05, 4.69) is 10.3 Å². The Labute approximate surface area is 163 Å². The van der Waals surface area contributed by atoms with Crippen molar-refractivity contribution >= 4 is 11.8 Å². The molecule has 8 nitrogen and oxygen atoms in total. The van der Waals surface area contributed by atoms with Gasteiger partial charge in [0.25, 0.3) is 11.8 Å². The fourth-order valence-electron chi connectivity index (χ4n) is 2.90. The average molecular weight is 385 g/mol. The first-order valence-electron chi connectivity index (χ1n) is 8.94. The van der Waals surface area contributed by atoms with Crippen molar-refractivity contribution in [3.8, 4) is 11.5 Å². The molecule has 2 amide bonds. The van der Waals surface area contributed by atoms with Crippen LogP contribution in [-0.2, 0) is 11.3 Å². The van der Waals surface area contributed by atoms with Crippen LogP contribution in [0.3, 0.4) is 0 Å². The Morgan fingerprint density at radius 2 is 1.86 bits per heavy atom. The van der Waals surface area contributed by atoms with Gasteiger partial charge in [0.05, 0.1) is 27.4 Å². The van der Waals surface area contributed by atoms with E-state index in [1.54, 1.807) is 37.3 Å². The van der Waals surface area contributed by atoms with E-state index in [4.69, 9.17) is 14.2 Å². The van der Waals surface area contributed by atoms with Gasteiger partial charge in [-0.25, -0.2) is 0 Å². The van der Waals surface area contributed by atoms with Crippen molar-refractivity contribution in [3.63, 3.8) is 0 Å². The monoisotopic (exact) mass is 385 g/mol. The van der Waals surface area contributed by atoms with Crippen LogP contribution in [0.1, 0.15) is 26.4 Å². The number of aromatic nitrogens is 1. The maximum atomic E-state index is 12.6. The number of morpholine rings is 1. The summed E-state index contributed by atoms with van der Waals surface area (Å²) < 4.78 is 15.7. The molecule has 0 unspecified atom stereocenters. The number of methoxy groups -OCH3 is 2. The number of amides is 2. The number of hydrogen-bond donors (Lipinski definition) is 1. The van der Waals surface area contributed by atoms with Gasteiger partial charge in [-0.1, -0.05) is 6.07 Å². The van der Waals surface area contributed by atoms with Gasteiger partial charge in [-0.05, 0) is 29.8 Å². The molecule has 2 aromatic rings. The van der Waals surface area contributed by atoms with Crippen molar-refractivity contribution in [2.75, 3.05) is 40.5 Å². The van der Waals surface area contributed by atoms with Gasteiger partial charge < -0.3 is 24.4 Å². The molecular weight excluding hydrogens is 362 g/mol. The van der Waals surface area contributed by atoms with Crippen LogP contribution in [-0.4, -0.2) is 62.2 Å². The number of carbonyl (C=O) groups excluding carboxylic acids is 2. The molecule has 0 bridgehead atoms. The van der Waals surface area contributed by atoms with E-state index in [0.717, 1.165) is 5.56 Å². The lowest BCUT2D eigenvalue weighted by Crippen LogP contribution is -2.40. The van der Waals surface area contributed by atoms with Crippen molar-refractivity contribution in [3.05, 3.63) is 53.3 Å². The summed E-state index contributed by atoms with van der Waals surface area (Å²) >= 11 is 0. The van der Waals surface area contributed by atoms with Crippen LogP contribution in [0.15, 0.2) is 36.5 Å². The molecule has 1 aromatic carbocycles. The maximum Gasteiger partial charge on any atom is 0.270 e. The van der Waals surface area contributed by atoms with E-state index in [0.29, 0.717) is 49.9 Å². The third kappa shape index (κ3) is 4.58. The zero-order valence-electron chi connectivity index (χ0n) is 15.9. The lowest BCUT2D eigenvalue weighted by molar-refractivity contribution is 0.0303. The van der Waals surface area contributed by atoms with Gasteiger partial charge in [0, 0.05) is 31.4 Å². The summed E-state index contributed by atoms with van der Waals surface area (Å²) in [5.41, 5.74) is 1.49. The van der Waals surface area contributed by atoms with E-state index in [9.17, 15) is 9.59 Å². The predicted octanol–water partition coefficient (Wildman–Crippen LogP) is 1.50. The molecule has 0 spiro atoms. The van der Waals surface area contributed by atoms with Gasteiger partial charge in [0.15, 0.2) is 11.5 Å². The number of nitrogens with one attached hydrogen (secondary N) is 1. The summed E-state index contributed by atoms with van der Waals surface area (Å²) in [5.74, 6) is 0.727. The van der Waals surface area contributed by atoms with Crippen molar-refractivity contribution in [1.29, 1.82) is 0 Å². The van der Waals surface area contributed by atoms with Gasteiger partial charge in [-0.3, -0.25) is 14.6 Å². The maximum absolute atomic E-state index is 12.6. The van der Waals surface area contributed by atoms with Crippen molar-refractivity contribution in [2.45, 2.75) is 6.54 Å². The number of benzene rings is 1. The average Bonchev–Trinajstić information content (AvgIpc) is 2.77. The minimum absolute atomic E-state index is 0.125. The minimum Gasteiger partial charge on any atom is -0.493 e. The Hall–Kier alpha value is -3.13. The number of ether oxygens (including phenoxy) is 3. The Morgan fingerprint density at radius 1 is 1.11 bits per heavy atom. The van der Waals surface area contributed by atoms with Crippen LogP contribution in [0.2, 0.25) is 0 Å². The molecule has 8 heteroatoms. The van der Waals surface area contributed by atoms with E-state index in [-0.39, 0.29) is 17.5 Å². The summed E-state index contributed by atoms with van der Waals surface area (Å²) in [5, 5.41) is 2.81. The standard InChI is InChI=1S/C20H23N3O5/c1-26-17-4-3-14(11-18(17)27-2)13-22-19(24)16-12-15(5-6-21-16)20(25)23-7-9-28-10-8-23/h3-6,11-12H,7-10,13H2,1-2H3,(H,22,24). The van der Waals surface area contributed by atoms with Crippen LogP contribution >= 0.6 is 0 Å². The first kappa shape index (κ1) is 19.6. The highest BCUT2D eigenvalue weighted by Gasteiger charge is 2.20. The van der Waals surface area contributed by atoms with Crippen LogP contribution in [0, 0.1) is 0 Å². The van der Waals surface area contributed by atoms with E-state index in [1.165, 1.54) is 12.3 Å². The summed E-state index contributed by atoms with van der Waals surface area (Å²) in [6.07, 6.45) is 1.47. The van der Waals surface area contributed by atoms with Gasteiger partial charge in [-0.15, -0.1) is 0 Å². The molecule has 1 N–H and O–H groups in total. The van der Waals surface area contributed by atoms with E-state index < -0.39 is 0 Å². The highest BCUT2D eigenvalue weighted by atomic mass is 16.5. The van der Waals surface area contributed by atoms with Crippen molar-refractivity contribution < 1.29 is 23.8 Å². The predicted molar refractivity (Wildman–Crippen MR) is 102 cm³/mol. The highest BCUT2D eigenvalue weighted by Crippen LogP contribution is 2.27. The summed E-state index contributed by atoms with van der Waals surface area (Å²) in [7, 11) is 3.12. The van der Waals surface area contributed by atoms with Crippen molar-refractivity contribution in [1.82, 2.24) is 15.2 Å². The van der Waals surface area contributed by atoms with Gasteiger partial charge in [-0.2, -0.15) is 0 Å². The van der Waals surface area contributed by atoms with Crippen LogP contribution in [0.25, 0.3) is 0 Å². The normalized spacial score (nSPS) is 13.7. The fourth-order valence-corrected chi connectivity index (χ4v) is 2.90. The Morgan fingerprint density at radius 3 is 2.57 bits per heavy atom. The largest absolute Gasteiger partial charge is 0.493 e. The lowest BCUT2D eigenvalue weighted by Gasteiger charge is -2.26. The highest BCUT2D eigenvalue weighted by molar-refractivity contribution is 5.98. The SMILES string of the molecule is COc1ccc(CNC(=O)c2cc(C(=O)N3CCOCC3)ccn2)cc1OC. The van der Waals surface area contributed by atoms with Crippen LogP contribution < -0.4 is 14.8 Å². The molecule has 0 radical (unpaired) electrons. The van der Waals surface area contributed by atoms with Crippen LogP contribution in [0.4, 0.5) is 0 Å². The first-order valence-corrected chi connectivity index (χ1v) is 8.94. The molecule has 28 heavy (non-hydrogen) atoms. The minimum atomic E-state index is -0.355. The van der Waals surface area contributed by atoms with Gasteiger partial charge in [0.1, 0.15) is 5.69 Å². The Bertz CT molecular complexity index is 849. The number of pyridine rings is 1. The number of nitrogens with zero attached hydrogens (tertiary/aromatic N) is 2. The molecule has 0 saturated carbocycles. The quantitative estimate of drug-likeness (QED) is 0.811. The van der Waals surface area contributed by atoms with Crippen LogP contribution in [0.5, 0.6) is 11.5 Å². The summed E-state index contributed by atoms with van der Waals surface area (Å²) in [6.45, 7) is 2.43. The zero-order chi connectivity index (χ0) is 19.9. The molecule has 148 valence electrons. The second-order valence-corrected chi connectivity index (χ2v) is 6.21. The van der Waals surface area contributed by atoms with E-state index in [1.807, 2.05) is 6.07 Å².